The van der Waals surface area contributed by atoms with E-state index in [1.165, 1.54) is 12.1 Å². The first-order chi connectivity index (χ1) is 12.5. The molecule has 1 aliphatic rings. The molecule has 8 nitrogen and oxygen atoms in total. The predicted molar refractivity (Wildman–Crippen MR) is 95.2 cm³/mol. The number of sulfonamides is 1. The van der Waals surface area contributed by atoms with Gasteiger partial charge in [-0.3, -0.25) is 4.79 Å². The van der Waals surface area contributed by atoms with Gasteiger partial charge < -0.3 is 14.6 Å². The average molecular weight is 378 g/mol. The van der Waals surface area contributed by atoms with Gasteiger partial charge in [0.25, 0.3) is 5.91 Å². The van der Waals surface area contributed by atoms with Crippen LogP contribution in [0.15, 0.2) is 47.9 Å². The first kappa shape index (κ1) is 18.6. The number of carbonyl (C=O) groups excluding carboxylic acids is 1. The fourth-order valence-electron chi connectivity index (χ4n) is 2.73. The second-order valence-corrected chi connectivity index (χ2v) is 7.85. The van der Waals surface area contributed by atoms with Gasteiger partial charge in [0.15, 0.2) is 0 Å². The molecule has 1 aromatic carbocycles. The van der Waals surface area contributed by atoms with Gasteiger partial charge in [-0.05, 0) is 31.0 Å². The third kappa shape index (κ3) is 4.90. The molecule has 0 bridgehead atoms. The summed E-state index contributed by atoms with van der Waals surface area (Å²) in [6.07, 6.45) is 6.54. The van der Waals surface area contributed by atoms with Crippen LogP contribution in [0.25, 0.3) is 0 Å². The number of hydrogen-bond donors (Lipinski definition) is 2. The summed E-state index contributed by atoms with van der Waals surface area (Å²) >= 11 is 0. The van der Waals surface area contributed by atoms with E-state index >= 15 is 0 Å². The van der Waals surface area contributed by atoms with Gasteiger partial charge in [-0.1, -0.05) is 6.07 Å². The van der Waals surface area contributed by atoms with Gasteiger partial charge in [0.1, 0.15) is 0 Å². The molecule has 9 heteroatoms. The molecule has 0 saturated carbocycles. The molecule has 0 spiro atoms. The molecule has 3 rings (SSSR count). The van der Waals surface area contributed by atoms with Crippen molar-refractivity contribution in [3.8, 4) is 0 Å². The molecule has 2 heterocycles. The van der Waals surface area contributed by atoms with E-state index in [1.807, 2.05) is 0 Å². The monoisotopic (exact) mass is 378 g/mol. The van der Waals surface area contributed by atoms with Gasteiger partial charge in [-0.2, -0.15) is 0 Å². The van der Waals surface area contributed by atoms with Crippen LogP contribution in [0, 0.1) is 0 Å². The van der Waals surface area contributed by atoms with E-state index in [0.717, 1.165) is 12.8 Å². The maximum Gasteiger partial charge on any atom is 0.251 e. The smallest absolute Gasteiger partial charge is 0.251 e. The zero-order valence-corrected chi connectivity index (χ0v) is 15.1. The minimum absolute atomic E-state index is 0.0600. The number of benzene rings is 1. The normalized spacial score (nSPS) is 15.7. The third-order valence-electron chi connectivity index (χ3n) is 4.18. The lowest BCUT2D eigenvalue weighted by molar-refractivity contribution is 0.0696. The number of imidazole rings is 1. The van der Waals surface area contributed by atoms with E-state index < -0.39 is 10.0 Å². The highest BCUT2D eigenvalue weighted by atomic mass is 32.2. The number of carbonyl (C=O) groups is 1. The van der Waals surface area contributed by atoms with Crippen LogP contribution in [-0.4, -0.2) is 49.7 Å². The molecule has 2 aromatic rings. The Labute approximate surface area is 152 Å². The average Bonchev–Trinajstić information content (AvgIpc) is 3.16. The Balaban J connectivity index is 1.62. The van der Waals surface area contributed by atoms with Gasteiger partial charge >= 0.3 is 0 Å². The molecular weight excluding hydrogens is 356 g/mol. The standard InChI is InChI=1S/C17H22N4O4S/c22-17(20-15-4-10-25-11-5-15)14-2-1-3-16(12-14)26(23,24)19-7-9-21-8-6-18-13-21/h1-3,6,8,12-13,15,19H,4-5,7,9-11H2,(H,20,22). The summed E-state index contributed by atoms with van der Waals surface area (Å²) in [6, 6.07) is 6.12. The van der Waals surface area contributed by atoms with Crippen LogP contribution in [0.4, 0.5) is 0 Å². The summed E-state index contributed by atoms with van der Waals surface area (Å²) in [5, 5.41) is 2.93. The fraction of sp³-hybridized carbons (Fsp3) is 0.412. The third-order valence-corrected chi connectivity index (χ3v) is 5.64. The maximum atomic E-state index is 12.4. The largest absolute Gasteiger partial charge is 0.381 e. The summed E-state index contributed by atoms with van der Waals surface area (Å²) < 4.78 is 34.5. The molecule has 1 fully saturated rings. The molecule has 1 aromatic heterocycles. The minimum atomic E-state index is -3.69. The van der Waals surface area contributed by atoms with Crippen LogP contribution in [0.3, 0.4) is 0 Å². The lowest BCUT2D eigenvalue weighted by Gasteiger charge is -2.23. The van der Waals surface area contributed by atoms with Gasteiger partial charge in [0, 0.05) is 50.3 Å². The summed E-state index contributed by atoms with van der Waals surface area (Å²) in [4.78, 5) is 16.4. The van der Waals surface area contributed by atoms with E-state index in [2.05, 4.69) is 15.0 Å². The van der Waals surface area contributed by atoms with Crippen molar-refractivity contribution in [1.82, 2.24) is 19.6 Å². The van der Waals surface area contributed by atoms with Crippen LogP contribution < -0.4 is 10.0 Å². The molecule has 1 amide bonds. The first-order valence-corrected chi connectivity index (χ1v) is 9.97. The summed E-state index contributed by atoms with van der Waals surface area (Å²) in [5.41, 5.74) is 0.328. The van der Waals surface area contributed by atoms with E-state index in [0.29, 0.717) is 25.3 Å². The van der Waals surface area contributed by atoms with Crippen molar-refractivity contribution < 1.29 is 17.9 Å². The molecule has 2 N–H and O–H groups in total. The van der Waals surface area contributed by atoms with Crippen molar-refractivity contribution >= 4 is 15.9 Å². The van der Waals surface area contributed by atoms with Crippen molar-refractivity contribution in [1.29, 1.82) is 0 Å². The Morgan fingerprint density at radius 1 is 1.31 bits per heavy atom. The molecular formula is C17H22N4O4S. The summed E-state index contributed by atoms with van der Waals surface area (Å²) in [6.45, 7) is 1.96. The Morgan fingerprint density at radius 2 is 2.12 bits per heavy atom. The summed E-state index contributed by atoms with van der Waals surface area (Å²) in [7, 11) is -3.69. The highest BCUT2D eigenvalue weighted by Gasteiger charge is 2.19. The Kier molecular flexibility index (Phi) is 6.02. The number of nitrogens with zero attached hydrogens (tertiary/aromatic N) is 2. The van der Waals surface area contributed by atoms with Crippen molar-refractivity contribution in [2.24, 2.45) is 0 Å². The number of ether oxygens (including phenoxy) is 1. The van der Waals surface area contributed by atoms with Crippen LogP contribution in [-0.2, 0) is 21.3 Å². The second-order valence-electron chi connectivity index (χ2n) is 6.09. The van der Waals surface area contributed by atoms with E-state index in [-0.39, 0.29) is 23.4 Å². The van der Waals surface area contributed by atoms with Crippen LogP contribution in [0.5, 0.6) is 0 Å². The van der Waals surface area contributed by atoms with E-state index in [1.54, 1.807) is 35.4 Å². The quantitative estimate of drug-likeness (QED) is 0.741. The molecule has 1 saturated heterocycles. The van der Waals surface area contributed by atoms with Crippen molar-refractivity contribution in [2.75, 3.05) is 19.8 Å². The van der Waals surface area contributed by atoms with Crippen molar-refractivity contribution in [3.05, 3.63) is 48.5 Å². The number of amides is 1. The number of aromatic nitrogens is 2. The molecule has 0 atom stereocenters. The predicted octanol–water partition coefficient (Wildman–Crippen LogP) is 0.770. The van der Waals surface area contributed by atoms with Gasteiger partial charge in [-0.25, -0.2) is 18.1 Å². The highest BCUT2D eigenvalue weighted by Crippen LogP contribution is 2.13. The molecule has 140 valence electrons. The lowest BCUT2D eigenvalue weighted by atomic mass is 10.1. The molecule has 0 aliphatic carbocycles. The Hall–Kier alpha value is -2.23. The molecule has 0 radical (unpaired) electrons. The van der Waals surface area contributed by atoms with Crippen LogP contribution in [0.2, 0.25) is 0 Å². The molecule has 26 heavy (non-hydrogen) atoms. The lowest BCUT2D eigenvalue weighted by Crippen LogP contribution is -2.39. The minimum Gasteiger partial charge on any atom is -0.381 e. The zero-order valence-electron chi connectivity index (χ0n) is 14.3. The Morgan fingerprint density at radius 3 is 2.85 bits per heavy atom. The van der Waals surface area contributed by atoms with Gasteiger partial charge in [-0.15, -0.1) is 0 Å². The van der Waals surface area contributed by atoms with Crippen molar-refractivity contribution in [2.45, 2.75) is 30.3 Å². The molecule has 0 unspecified atom stereocenters. The van der Waals surface area contributed by atoms with Gasteiger partial charge in [0.2, 0.25) is 10.0 Å². The first-order valence-electron chi connectivity index (χ1n) is 8.49. The van der Waals surface area contributed by atoms with E-state index in [9.17, 15) is 13.2 Å². The second kappa shape index (κ2) is 8.43. The van der Waals surface area contributed by atoms with Gasteiger partial charge in [0.05, 0.1) is 11.2 Å². The van der Waals surface area contributed by atoms with Crippen LogP contribution >= 0.6 is 0 Å². The zero-order chi connectivity index (χ0) is 18.4. The number of nitrogens with one attached hydrogen (secondary N) is 2. The van der Waals surface area contributed by atoms with Crippen LogP contribution in [0.1, 0.15) is 23.2 Å². The van der Waals surface area contributed by atoms with E-state index in [4.69, 9.17) is 4.74 Å². The molecule has 1 aliphatic heterocycles. The number of rotatable bonds is 7. The number of hydrogen-bond acceptors (Lipinski definition) is 5. The SMILES string of the molecule is O=C(NC1CCOCC1)c1cccc(S(=O)(=O)NCCn2ccnc2)c1. The van der Waals surface area contributed by atoms with Crippen molar-refractivity contribution in [3.63, 3.8) is 0 Å². The highest BCUT2D eigenvalue weighted by molar-refractivity contribution is 7.89. The maximum absolute atomic E-state index is 12.4. The fourth-order valence-corrected chi connectivity index (χ4v) is 3.79. The Bertz CT molecular complexity index is 830. The summed E-state index contributed by atoms with van der Waals surface area (Å²) in [5.74, 6) is -0.271. The topological polar surface area (TPSA) is 102 Å².